The normalized spacial score (nSPS) is 33.0. The molecule has 1 radical (unpaired) electrons. The van der Waals surface area contributed by atoms with Gasteiger partial charge in [0.2, 0.25) is 0 Å². The Morgan fingerprint density at radius 2 is 2.40 bits per heavy atom. The first-order valence-corrected chi connectivity index (χ1v) is 4.64. The summed E-state index contributed by atoms with van der Waals surface area (Å²) in [6, 6.07) is 0. The minimum absolute atomic E-state index is 0.104. The molecule has 0 bridgehead atoms. The molecule has 0 spiro atoms. The van der Waals surface area contributed by atoms with Crippen molar-refractivity contribution in [1.29, 1.82) is 0 Å². The summed E-state index contributed by atoms with van der Waals surface area (Å²) in [5.74, 6) is 0. The third-order valence-electron chi connectivity index (χ3n) is 1.88. The summed E-state index contributed by atoms with van der Waals surface area (Å²) in [7, 11) is 0. The van der Waals surface area contributed by atoms with Crippen LogP contribution < -0.4 is 11.1 Å². The molecule has 2 N–H and O–H groups in total. The molecule has 1 fully saturated rings. The van der Waals surface area contributed by atoms with Crippen LogP contribution in [0.15, 0.2) is 0 Å². The molecule has 0 aromatic rings. The van der Waals surface area contributed by atoms with Gasteiger partial charge in [0.05, 0.1) is 4.45 Å². The van der Waals surface area contributed by atoms with Crippen molar-refractivity contribution in [3.8, 4) is 0 Å². The first kappa shape index (κ1) is 8.50. The number of halogens is 1. The number of hydrogen-bond acceptors (Lipinski definition) is 1. The number of alkyl halides is 1. The van der Waals surface area contributed by atoms with Crippen LogP contribution in [0, 0.1) is 0 Å². The van der Waals surface area contributed by atoms with Crippen LogP contribution in [-0.4, -0.2) is 17.5 Å². The van der Waals surface area contributed by atoms with Crippen molar-refractivity contribution >= 4 is 15.9 Å². The van der Waals surface area contributed by atoms with Gasteiger partial charge in [0.1, 0.15) is 0 Å². The average molecular weight is 206 g/mol. The van der Waals surface area contributed by atoms with E-state index in [0.29, 0.717) is 0 Å². The second kappa shape index (κ2) is 3.69. The Morgan fingerprint density at radius 3 is 2.90 bits per heavy atom. The molecule has 0 aromatic carbocycles. The fourth-order valence-electron chi connectivity index (χ4n) is 1.29. The first-order valence-electron chi connectivity index (χ1n) is 3.84. The molecular formula is C7H14BrN2. The second-order valence-electron chi connectivity index (χ2n) is 2.80. The molecule has 0 aliphatic carbocycles. The highest BCUT2D eigenvalue weighted by molar-refractivity contribution is 9.10. The topological polar surface area (TPSA) is 40.1 Å². The SMILES string of the molecule is NCCCC1(Br)CCC[N]1. The average Bonchev–Trinajstić information content (AvgIpc) is 2.33. The van der Waals surface area contributed by atoms with Gasteiger partial charge in [0.15, 0.2) is 0 Å². The van der Waals surface area contributed by atoms with Gasteiger partial charge in [-0.3, -0.25) is 0 Å². The van der Waals surface area contributed by atoms with E-state index < -0.39 is 0 Å². The monoisotopic (exact) mass is 205 g/mol. The lowest BCUT2D eigenvalue weighted by Gasteiger charge is -2.19. The zero-order chi connectivity index (χ0) is 7.45. The lowest BCUT2D eigenvalue weighted by molar-refractivity contribution is 0.495. The zero-order valence-corrected chi connectivity index (χ0v) is 7.73. The van der Waals surface area contributed by atoms with Gasteiger partial charge in [-0.15, -0.1) is 0 Å². The Hall–Kier alpha value is 0.400. The molecule has 59 valence electrons. The minimum atomic E-state index is 0.104. The molecule has 0 amide bonds. The maximum absolute atomic E-state index is 5.40. The fourth-order valence-corrected chi connectivity index (χ4v) is 2.02. The van der Waals surface area contributed by atoms with Gasteiger partial charge in [-0.05, 0) is 32.2 Å². The van der Waals surface area contributed by atoms with Crippen LogP contribution in [0.3, 0.4) is 0 Å². The van der Waals surface area contributed by atoms with Crippen LogP contribution in [0.2, 0.25) is 0 Å². The van der Waals surface area contributed by atoms with Crippen LogP contribution in [0.25, 0.3) is 0 Å². The van der Waals surface area contributed by atoms with Gasteiger partial charge in [-0.2, -0.15) is 0 Å². The van der Waals surface area contributed by atoms with Crippen LogP contribution in [0.1, 0.15) is 25.7 Å². The van der Waals surface area contributed by atoms with E-state index in [1.165, 1.54) is 12.8 Å². The quantitative estimate of drug-likeness (QED) is 0.547. The van der Waals surface area contributed by atoms with Crippen molar-refractivity contribution in [2.45, 2.75) is 30.1 Å². The van der Waals surface area contributed by atoms with Crippen LogP contribution >= 0.6 is 15.9 Å². The molecular weight excluding hydrogens is 192 g/mol. The maximum atomic E-state index is 5.40. The van der Waals surface area contributed by atoms with Crippen molar-refractivity contribution in [3.63, 3.8) is 0 Å². The van der Waals surface area contributed by atoms with Crippen LogP contribution in [0.4, 0.5) is 0 Å². The predicted molar refractivity (Wildman–Crippen MR) is 46.2 cm³/mol. The number of nitrogens with two attached hydrogens (primary N) is 1. The Bertz CT molecular complexity index is 99.8. The highest BCUT2D eigenvalue weighted by Gasteiger charge is 2.30. The molecule has 1 atom stereocenters. The molecule has 10 heavy (non-hydrogen) atoms. The Labute approximate surface area is 70.7 Å². The standard InChI is InChI=1S/C7H14BrN2/c8-7(3-1-5-9)4-2-6-10-7/h1-6,9H2. The highest BCUT2D eigenvalue weighted by Crippen LogP contribution is 2.31. The van der Waals surface area contributed by atoms with Crippen molar-refractivity contribution in [3.05, 3.63) is 0 Å². The van der Waals surface area contributed by atoms with Crippen LogP contribution in [0.5, 0.6) is 0 Å². The molecule has 2 nitrogen and oxygen atoms in total. The molecule has 1 aliphatic rings. The highest BCUT2D eigenvalue weighted by atomic mass is 79.9. The molecule has 0 saturated carbocycles. The lowest BCUT2D eigenvalue weighted by atomic mass is 10.1. The predicted octanol–water partition coefficient (Wildman–Crippen LogP) is 1.21. The van der Waals surface area contributed by atoms with Gasteiger partial charge in [-0.25, -0.2) is 5.32 Å². The van der Waals surface area contributed by atoms with Gasteiger partial charge in [0.25, 0.3) is 0 Å². The second-order valence-corrected chi connectivity index (χ2v) is 4.27. The van der Waals surface area contributed by atoms with Crippen LogP contribution in [-0.2, 0) is 0 Å². The summed E-state index contributed by atoms with van der Waals surface area (Å²) >= 11 is 3.62. The van der Waals surface area contributed by atoms with E-state index in [-0.39, 0.29) is 4.45 Å². The first-order chi connectivity index (χ1) is 4.77. The van der Waals surface area contributed by atoms with E-state index >= 15 is 0 Å². The number of rotatable bonds is 3. The summed E-state index contributed by atoms with van der Waals surface area (Å²) in [5, 5.41) is 4.47. The zero-order valence-electron chi connectivity index (χ0n) is 6.15. The van der Waals surface area contributed by atoms with Crippen molar-refractivity contribution in [2.24, 2.45) is 5.73 Å². The smallest absolute Gasteiger partial charge is 0.0903 e. The summed E-state index contributed by atoms with van der Waals surface area (Å²) in [4.78, 5) is 0. The largest absolute Gasteiger partial charge is 0.330 e. The van der Waals surface area contributed by atoms with E-state index in [1.807, 2.05) is 0 Å². The Kier molecular flexibility index (Phi) is 3.14. The summed E-state index contributed by atoms with van der Waals surface area (Å²) in [6.07, 6.45) is 4.60. The van der Waals surface area contributed by atoms with Crippen molar-refractivity contribution in [2.75, 3.05) is 13.1 Å². The molecule has 1 unspecified atom stereocenters. The molecule has 0 aromatic heterocycles. The Balaban J connectivity index is 2.22. The summed E-state index contributed by atoms with van der Waals surface area (Å²) in [5.41, 5.74) is 5.40. The molecule has 1 aliphatic heterocycles. The van der Waals surface area contributed by atoms with Crippen molar-refractivity contribution in [1.82, 2.24) is 5.32 Å². The molecule has 1 rings (SSSR count). The number of hydrogen-bond donors (Lipinski definition) is 1. The van der Waals surface area contributed by atoms with Gasteiger partial charge < -0.3 is 5.73 Å². The summed E-state index contributed by atoms with van der Waals surface area (Å²) < 4.78 is 0.104. The van der Waals surface area contributed by atoms with Gasteiger partial charge >= 0.3 is 0 Å². The van der Waals surface area contributed by atoms with E-state index in [9.17, 15) is 0 Å². The fraction of sp³-hybridized carbons (Fsp3) is 1.00. The third-order valence-corrected chi connectivity index (χ3v) is 2.92. The van der Waals surface area contributed by atoms with E-state index in [0.717, 1.165) is 25.9 Å². The lowest BCUT2D eigenvalue weighted by Crippen LogP contribution is -2.27. The summed E-state index contributed by atoms with van der Waals surface area (Å²) in [6.45, 7) is 1.80. The minimum Gasteiger partial charge on any atom is -0.330 e. The van der Waals surface area contributed by atoms with E-state index in [2.05, 4.69) is 21.2 Å². The van der Waals surface area contributed by atoms with Gasteiger partial charge in [0, 0.05) is 6.54 Å². The van der Waals surface area contributed by atoms with E-state index in [1.54, 1.807) is 0 Å². The molecule has 1 saturated heterocycles. The third kappa shape index (κ3) is 2.22. The van der Waals surface area contributed by atoms with E-state index in [4.69, 9.17) is 5.73 Å². The number of nitrogens with zero attached hydrogens (tertiary/aromatic N) is 1. The van der Waals surface area contributed by atoms with Crippen molar-refractivity contribution < 1.29 is 0 Å². The Morgan fingerprint density at radius 1 is 1.60 bits per heavy atom. The van der Waals surface area contributed by atoms with Gasteiger partial charge in [-0.1, -0.05) is 15.9 Å². The molecule has 1 heterocycles. The maximum Gasteiger partial charge on any atom is 0.0903 e. The molecule has 3 heteroatoms.